The number of Topliss-reactive ketones (excluding diaryl/α,β-unsaturated/α-hetero) is 2. The molecule has 5 rings (SSSR count). The Labute approximate surface area is 299 Å². The molecule has 1 aliphatic carbocycles. The third kappa shape index (κ3) is 10.8. The predicted molar refractivity (Wildman–Crippen MR) is 200 cm³/mol. The molecule has 0 radical (unpaired) electrons. The summed E-state index contributed by atoms with van der Waals surface area (Å²) in [6.07, 6.45) is 7.50. The van der Waals surface area contributed by atoms with E-state index in [0.29, 0.717) is 31.1 Å². The lowest BCUT2D eigenvalue weighted by molar-refractivity contribution is -0.122. The molecule has 4 atom stereocenters. The molecule has 8 heteroatoms. The van der Waals surface area contributed by atoms with Gasteiger partial charge < -0.3 is 9.47 Å². The van der Waals surface area contributed by atoms with Crippen LogP contribution in [-0.4, -0.2) is 46.2 Å². The van der Waals surface area contributed by atoms with Gasteiger partial charge in [-0.25, -0.2) is 0 Å². The summed E-state index contributed by atoms with van der Waals surface area (Å²) in [4.78, 5) is 25.8. The first-order valence-electron chi connectivity index (χ1n) is 17.3. The van der Waals surface area contributed by atoms with E-state index in [1.807, 2.05) is 48.5 Å². The Bertz CT molecular complexity index is 1610. The summed E-state index contributed by atoms with van der Waals surface area (Å²) >= 11 is 0. The Kier molecular flexibility index (Phi) is 15.7. The number of aromatic nitrogens is 4. The van der Waals surface area contributed by atoms with Gasteiger partial charge >= 0.3 is 0 Å². The van der Waals surface area contributed by atoms with Crippen molar-refractivity contribution in [2.24, 2.45) is 5.92 Å². The molecular formula is C42H56N4O4. The highest BCUT2D eigenvalue weighted by atomic mass is 16.5. The largest absolute Gasteiger partial charge is 0.497 e. The molecule has 2 heterocycles. The minimum absolute atomic E-state index is 0. The van der Waals surface area contributed by atoms with Gasteiger partial charge in [0.05, 0.1) is 37.0 Å². The summed E-state index contributed by atoms with van der Waals surface area (Å²) < 4.78 is 10.4. The maximum absolute atomic E-state index is 13.0. The van der Waals surface area contributed by atoms with Crippen molar-refractivity contribution in [2.75, 3.05) is 14.2 Å². The number of methoxy groups -OCH3 is 2. The van der Waals surface area contributed by atoms with Crippen molar-refractivity contribution in [1.82, 2.24) is 20.4 Å². The van der Waals surface area contributed by atoms with Gasteiger partial charge in [0.2, 0.25) is 0 Å². The van der Waals surface area contributed by atoms with Crippen LogP contribution in [-0.2, 0) is 28.9 Å². The summed E-state index contributed by atoms with van der Waals surface area (Å²) in [5.41, 5.74) is 5.85. The second-order valence-electron chi connectivity index (χ2n) is 13.0. The molecule has 0 saturated heterocycles. The Morgan fingerprint density at radius 1 is 0.700 bits per heavy atom. The van der Waals surface area contributed by atoms with Crippen LogP contribution in [0.15, 0.2) is 72.8 Å². The number of ketones is 2. The zero-order chi connectivity index (χ0) is 33.9. The number of hydrogen-bond donors (Lipinski definition) is 0. The second-order valence-corrected chi connectivity index (χ2v) is 13.0. The van der Waals surface area contributed by atoms with Gasteiger partial charge in [-0.3, -0.25) is 9.59 Å². The molecule has 4 aromatic rings. The quantitative estimate of drug-likeness (QED) is 0.109. The topological polar surface area (TPSA) is 104 Å². The summed E-state index contributed by atoms with van der Waals surface area (Å²) in [6.45, 7) is 4.18. The molecule has 8 nitrogen and oxygen atoms in total. The smallest absolute Gasteiger partial charge is 0.140 e. The fourth-order valence-corrected chi connectivity index (χ4v) is 6.81. The fourth-order valence-electron chi connectivity index (χ4n) is 6.81. The van der Waals surface area contributed by atoms with Crippen molar-refractivity contribution in [2.45, 2.75) is 111 Å². The highest BCUT2D eigenvalue weighted by Gasteiger charge is 2.30. The van der Waals surface area contributed by atoms with Crippen LogP contribution in [0.3, 0.4) is 0 Å². The lowest BCUT2D eigenvalue weighted by Gasteiger charge is -2.15. The van der Waals surface area contributed by atoms with Crippen LogP contribution in [0.4, 0.5) is 0 Å². The molecular weight excluding hydrogens is 624 g/mol. The third-order valence-corrected chi connectivity index (χ3v) is 9.90. The van der Waals surface area contributed by atoms with Crippen LogP contribution in [0.2, 0.25) is 0 Å². The first kappa shape index (κ1) is 40.0. The molecule has 268 valence electrons. The van der Waals surface area contributed by atoms with Gasteiger partial charge in [-0.2, -0.15) is 20.4 Å². The Balaban J connectivity index is 0.00000338. The van der Waals surface area contributed by atoms with E-state index in [4.69, 9.17) is 9.47 Å². The lowest BCUT2D eigenvalue weighted by Crippen LogP contribution is -2.17. The van der Waals surface area contributed by atoms with E-state index in [2.05, 4.69) is 58.5 Å². The second kappa shape index (κ2) is 19.7. The minimum atomic E-state index is 0. The standard InChI is InChI=1S/C40H48N4O4.2CH4/c1-5-29(40(46)24-28-9-18-36(48-4)19-10-28)13-14-33-15-20-38(42-41-33)31-11-12-32(25-31)39-22-21-37(43-44-39)30(6-2)26-34(45)23-27-7-16-35(47-3)17-8-27;;/h7-10,15-22,29-32H,5-6,11-14,23-26H2,1-4H3;2*1H4. The lowest BCUT2D eigenvalue weighted by atomic mass is 9.91. The van der Waals surface area contributed by atoms with E-state index < -0.39 is 0 Å². The third-order valence-electron chi connectivity index (χ3n) is 9.90. The number of carbonyl (C=O) groups excluding carboxylic acids is 2. The van der Waals surface area contributed by atoms with Gasteiger partial charge in [0.15, 0.2) is 0 Å². The van der Waals surface area contributed by atoms with E-state index in [1.165, 1.54) is 0 Å². The van der Waals surface area contributed by atoms with Crippen molar-refractivity contribution in [1.29, 1.82) is 0 Å². The number of nitrogens with zero attached hydrogens (tertiary/aromatic N) is 4. The molecule has 50 heavy (non-hydrogen) atoms. The fraction of sp³-hybridized carbons (Fsp3) is 0.476. The highest BCUT2D eigenvalue weighted by Crippen LogP contribution is 2.42. The summed E-state index contributed by atoms with van der Waals surface area (Å²) in [7, 11) is 3.28. The first-order chi connectivity index (χ1) is 23.4. The Morgan fingerprint density at radius 3 is 1.74 bits per heavy atom. The number of ether oxygens (including phenoxy) is 2. The molecule has 2 aromatic heterocycles. The SMILES string of the molecule is C.C.CCC(CCc1ccc(C2CCC(c3ccc(C(CC)CC(=O)Cc4ccc(OC)cc4)nn3)C2)nn1)C(=O)Cc1ccc(OC)cc1. The van der Waals surface area contributed by atoms with Crippen molar-refractivity contribution < 1.29 is 19.1 Å². The molecule has 0 bridgehead atoms. The average molecular weight is 681 g/mol. The van der Waals surface area contributed by atoms with Gasteiger partial charge in [-0.05, 0) is 105 Å². The van der Waals surface area contributed by atoms with Crippen molar-refractivity contribution in [3.8, 4) is 11.5 Å². The van der Waals surface area contributed by atoms with Crippen molar-refractivity contribution in [3.05, 3.63) is 107 Å². The predicted octanol–water partition coefficient (Wildman–Crippen LogP) is 9.07. The van der Waals surface area contributed by atoms with Crippen LogP contribution in [0.5, 0.6) is 11.5 Å². The summed E-state index contributed by atoms with van der Waals surface area (Å²) in [6, 6.07) is 23.7. The van der Waals surface area contributed by atoms with Crippen LogP contribution >= 0.6 is 0 Å². The Morgan fingerprint density at radius 2 is 1.26 bits per heavy atom. The molecule has 0 aliphatic heterocycles. The van der Waals surface area contributed by atoms with Gasteiger partial charge in [0.25, 0.3) is 0 Å². The normalized spacial score (nSPS) is 16.4. The van der Waals surface area contributed by atoms with E-state index >= 15 is 0 Å². The van der Waals surface area contributed by atoms with Gasteiger partial charge in [0, 0.05) is 42.9 Å². The first-order valence-corrected chi connectivity index (χ1v) is 17.3. The summed E-state index contributed by atoms with van der Waals surface area (Å²) in [5, 5.41) is 18.4. The molecule has 0 amide bonds. The van der Waals surface area contributed by atoms with Crippen molar-refractivity contribution >= 4 is 11.6 Å². The highest BCUT2D eigenvalue weighted by molar-refractivity contribution is 5.83. The van der Waals surface area contributed by atoms with Crippen LogP contribution < -0.4 is 9.47 Å². The molecule has 1 saturated carbocycles. The number of hydrogen-bond acceptors (Lipinski definition) is 8. The van der Waals surface area contributed by atoms with E-state index in [-0.39, 0.29) is 38.3 Å². The van der Waals surface area contributed by atoms with E-state index in [1.54, 1.807) is 14.2 Å². The summed E-state index contributed by atoms with van der Waals surface area (Å²) in [5.74, 6) is 2.78. The maximum Gasteiger partial charge on any atom is 0.140 e. The zero-order valence-corrected chi connectivity index (χ0v) is 28.7. The molecule has 1 fully saturated rings. The van der Waals surface area contributed by atoms with Gasteiger partial charge in [0.1, 0.15) is 23.1 Å². The number of aryl methyl sites for hydroxylation is 1. The average Bonchev–Trinajstić information content (AvgIpc) is 3.62. The van der Waals surface area contributed by atoms with E-state index in [9.17, 15) is 9.59 Å². The molecule has 0 spiro atoms. The molecule has 4 unspecified atom stereocenters. The van der Waals surface area contributed by atoms with Gasteiger partial charge in [-0.15, -0.1) is 0 Å². The molecule has 0 N–H and O–H groups in total. The van der Waals surface area contributed by atoms with Crippen LogP contribution in [0, 0.1) is 5.92 Å². The van der Waals surface area contributed by atoms with E-state index in [0.717, 1.165) is 90.3 Å². The minimum Gasteiger partial charge on any atom is -0.497 e. The Hall–Kier alpha value is -4.46. The number of rotatable bonds is 17. The maximum atomic E-state index is 13.0. The number of benzene rings is 2. The zero-order valence-electron chi connectivity index (χ0n) is 28.7. The van der Waals surface area contributed by atoms with Gasteiger partial charge in [-0.1, -0.05) is 53.0 Å². The number of carbonyl (C=O) groups is 2. The monoisotopic (exact) mass is 680 g/mol. The molecule has 2 aromatic carbocycles. The molecule has 1 aliphatic rings. The van der Waals surface area contributed by atoms with Crippen LogP contribution in [0.1, 0.15) is 125 Å². The van der Waals surface area contributed by atoms with Crippen molar-refractivity contribution in [3.63, 3.8) is 0 Å². The van der Waals surface area contributed by atoms with Crippen LogP contribution in [0.25, 0.3) is 0 Å².